The van der Waals surface area contributed by atoms with Crippen LogP contribution in [0.4, 0.5) is 5.69 Å². The Balaban J connectivity index is 1.72. The highest BCUT2D eigenvalue weighted by atomic mass is 15.2. The van der Waals surface area contributed by atoms with Crippen molar-refractivity contribution in [1.82, 2.24) is 20.1 Å². The quantitative estimate of drug-likeness (QED) is 0.880. The van der Waals surface area contributed by atoms with Crippen LogP contribution in [0.25, 0.3) is 5.69 Å². The van der Waals surface area contributed by atoms with Crippen LogP contribution >= 0.6 is 0 Å². The van der Waals surface area contributed by atoms with Crippen molar-refractivity contribution >= 4 is 5.69 Å². The van der Waals surface area contributed by atoms with E-state index in [0.29, 0.717) is 6.04 Å². The molecule has 1 saturated heterocycles. The summed E-state index contributed by atoms with van der Waals surface area (Å²) in [5.41, 5.74) is 2.25. The number of hydrogen-bond donors (Lipinski definition) is 2. The number of nitrogens with one attached hydrogen (secondary N) is 2. The molecule has 0 spiro atoms. The minimum atomic E-state index is 0.561. The van der Waals surface area contributed by atoms with Gasteiger partial charge >= 0.3 is 0 Å². The van der Waals surface area contributed by atoms with Gasteiger partial charge in [0.2, 0.25) is 0 Å². The van der Waals surface area contributed by atoms with Crippen LogP contribution < -0.4 is 10.6 Å². The maximum atomic E-state index is 3.84. The molecule has 2 N–H and O–H groups in total. The van der Waals surface area contributed by atoms with Gasteiger partial charge in [0, 0.05) is 11.7 Å². The third kappa shape index (κ3) is 3.12. The average molecular weight is 257 g/mol. The van der Waals surface area contributed by atoms with Crippen LogP contribution in [0, 0.1) is 0 Å². The van der Waals surface area contributed by atoms with E-state index in [4.69, 9.17) is 0 Å². The SMILES string of the molecule is c1cc(NC2CCCNCC2)cc(-n2cnnc2)c1. The molecular formula is C14H19N5. The lowest BCUT2D eigenvalue weighted by molar-refractivity contribution is 0.637. The molecule has 1 atom stereocenters. The molecule has 3 rings (SSSR count). The van der Waals surface area contributed by atoms with Crippen molar-refractivity contribution in [2.24, 2.45) is 0 Å². The number of aromatic nitrogens is 3. The molecular weight excluding hydrogens is 238 g/mol. The van der Waals surface area contributed by atoms with E-state index in [1.807, 2.05) is 4.57 Å². The van der Waals surface area contributed by atoms with Crippen LogP contribution in [0.15, 0.2) is 36.9 Å². The average Bonchev–Trinajstić information content (AvgIpc) is 2.86. The van der Waals surface area contributed by atoms with Gasteiger partial charge in [-0.25, -0.2) is 0 Å². The topological polar surface area (TPSA) is 54.8 Å². The van der Waals surface area contributed by atoms with E-state index < -0.39 is 0 Å². The highest BCUT2D eigenvalue weighted by molar-refractivity contribution is 5.51. The van der Waals surface area contributed by atoms with E-state index in [1.165, 1.54) is 19.3 Å². The lowest BCUT2D eigenvalue weighted by Crippen LogP contribution is -2.21. The van der Waals surface area contributed by atoms with Gasteiger partial charge in [-0.2, -0.15) is 0 Å². The highest BCUT2D eigenvalue weighted by Gasteiger charge is 2.11. The Bertz CT molecular complexity index is 500. The Morgan fingerprint density at radius 3 is 2.95 bits per heavy atom. The molecule has 1 unspecified atom stereocenters. The molecule has 2 aromatic rings. The first-order valence-corrected chi connectivity index (χ1v) is 6.84. The molecule has 0 amide bonds. The number of nitrogens with zero attached hydrogens (tertiary/aromatic N) is 3. The molecule has 19 heavy (non-hydrogen) atoms. The summed E-state index contributed by atoms with van der Waals surface area (Å²) in [6.07, 6.45) is 7.08. The first-order chi connectivity index (χ1) is 9.42. The molecule has 5 heteroatoms. The maximum Gasteiger partial charge on any atom is 0.123 e. The van der Waals surface area contributed by atoms with Crippen LogP contribution in [0.2, 0.25) is 0 Å². The largest absolute Gasteiger partial charge is 0.382 e. The molecule has 1 fully saturated rings. The zero-order valence-corrected chi connectivity index (χ0v) is 10.9. The smallest absolute Gasteiger partial charge is 0.123 e. The zero-order chi connectivity index (χ0) is 12.9. The molecule has 0 bridgehead atoms. The second-order valence-corrected chi connectivity index (χ2v) is 4.94. The first-order valence-electron chi connectivity index (χ1n) is 6.84. The summed E-state index contributed by atoms with van der Waals surface area (Å²) in [4.78, 5) is 0. The summed E-state index contributed by atoms with van der Waals surface area (Å²) in [7, 11) is 0. The highest BCUT2D eigenvalue weighted by Crippen LogP contribution is 2.17. The summed E-state index contributed by atoms with van der Waals surface area (Å²) in [6, 6.07) is 8.94. The summed E-state index contributed by atoms with van der Waals surface area (Å²) < 4.78 is 1.92. The van der Waals surface area contributed by atoms with Crippen molar-refractivity contribution < 1.29 is 0 Å². The minimum absolute atomic E-state index is 0.561. The summed E-state index contributed by atoms with van der Waals surface area (Å²) in [6.45, 7) is 2.24. The number of rotatable bonds is 3. The third-order valence-electron chi connectivity index (χ3n) is 3.51. The fraction of sp³-hybridized carbons (Fsp3) is 0.429. The fourth-order valence-electron chi connectivity index (χ4n) is 2.49. The Morgan fingerprint density at radius 1 is 1.16 bits per heavy atom. The minimum Gasteiger partial charge on any atom is -0.382 e. The number of benzene rings is 1. The normalized spacial score (nSPS) is 19.9. The standard InChI is InChI=1S/C14H19N5/c1-3-13(18-12-4-2-7-15-8-6-12)9-14(5-1)19-10-16-17-11-19/h1,3,5,9-12,15,18H,2,4,6-8H2. The van der Waals surface area contributed by atoms with Crippen LogP contribution in [-0.4, -0.2) is 33.9 Å². The molecule has 1 aromatic carbocycles. The number of anilines is 1. The van der Waals surface area contributed by atoms with Gasteiger partial charge in [0.25, 0.3) is 0 Å². The Morgan fingerprint density at radius 2 is 2.05 bits per heavy atom. The van der Waals surface area contributed by atoms with Crippen molar-refractivity contribution in [2.45, 2.75) is 25.3 Å². The predicted octanol–water partition coefficient (Wildman–Crippen LogP) is 1.82. The fourth-order valence-corrected chi connectivity index (χ4v) is 2.49. The first kappa shape index (κ1) is 12.2. The van der Waals surface area contributed by atoms with Crippen LogP contribution in [0.5, 0.6) is 0 Å². The van der Waals surface area contributed by atoms with Gasteiger partial charge in [0.15, 0.2) is 0 Å². The van der Waals surface area contributed by atoms with E-state index in [1.54, 1.807) is 12.7 Å². The second-order valence-electron chi connectivity index (χ2n) is 4.94. The van der Waals surface area contributed by atoms with Gasteiger partial charge in [-0.15, -0.1) is 10.2 Å². The molecule has 5 nitrogen and oxygen atoms in total. The lowest BCUT2D eigenvalue weighted by Gasteiger charge is -2.18. The van der Waals surface area contributed by atoms with E-state index in [9.17, 15) is 0 Å². The van der Waals surface area contributed by atoms with E-state index in [-0.39, 0.29) is 0 Å². The van der Waals surface area contributed by atoms with Crippen LogP contribution in [0.3, 0.4) is 0 Å². The van der Waals surface area contributed by atoms with E-state index >= 15 is 0 Å². The summed E-state index contributed by atoms with van der Waals surface area (Å²) in [5, 5.41) is 14.7. The lowest BCUT2D eigenvalue weighted by atomic mass is 10.1. The Kier molecular flexibility index (Phi) is 3.74. The van der Waals surface area contributed by atoms with Gasteiger partial charge in [0.05, 0.1) is 5.69 Å². The van der Waals surface area contributed by atoms with Gasteiger partial charge < -0.3 is 10.6 Å². The van der Waals surface area contributed by atoms with Crippen molar-refractivity contribution in [3.8, 4) is 5.69 Å². The van der Waals surface area contributed by atoms with Gasteiger partial charge in [-0.05, 0) is 50.6 Å². The zero-order valence-electron chi connectivity index (χ0n) is 10.9. The van der Waals surface area contributed by atoms with E-state index in [0.717, 1.165) is 24.5 Å². The van der Waals surface area contributed by atoms with E-state index in [2.05, 4.69) is 45.1 Å². The summed E-state index contributed by atoms with van der Waals surface area (Å²) in [5.74, 6) is 0. The predicted molar refractivity (Wildman–Crippen MR) is 75.5 cm³/mol. The van der Waals surface area contributed by atoms with Gasteiger partial charge in [0.1, 0.15) is 12.7 Å². The molecule has 0 aliphatic carbocycles. The molecule has 0 saturated carbocycles. The second kappa shape index (κ2) is 5.84. The third-order valence-corrected chi connectivity index (χ3v) is 3.51. The van der Waals surface area contributed by atoms with Gasteiger partial charge in [-0.1, -0.05) is 6.07 Å². The molecule has 2 heterocycles. The molecule has 100 valence electrons. The van der Waals surface area contributed by atoms with Crippen LogP contribution in [0.1, 0.15) is 19.3 Å². The molecule has 1 aliphatic heterocycles. The monoisotopic (exact) mass is 257 g/mol. The maximum absolute atomic E-state index is 3.84. The summed E-state index contributed by atoms with van der Waals surface area (Å²) >= 11 is 0. The molecule has 0 radical (unpaired) electrons. The molecule has 1 aliphatic rings. The van der Waals surface area contributed by atoms with Crippen molar-refractivity contribution in [1.29, 1.82) is 0 Å². The van der Waals surface area contributed by atoms with Crippen molar-refractivity contribution in [2.75, 3.05) is 18.4 Å². The van der Waals surface area contributed by atoms with Crippen molar-refractivity contribution in [3.63, 3.8) is 0 Å². The molecule has 1 aromatic heterocycles. The van der Waals surface area contributed by atoms with Crippen molar-refractivity contribution in [3.05, 3.63) is 36.9 Å². The van der Waals surface area contributed by atoms with Crippen LogP contribution in [-0.2, 0) is 0 Å². The Hall–Kier alpha value is -1.88. The number of hydrogen-bond acceptors (Lipinski definition) is 4. The van der Waals surface area contributed by atoms with Gasteiger partial charge in [-0.3, -0.25) is 4.57 Å². The Labute approximate surface area is 113 Å².